The predicted molar refractivity (Wildman–Crippen MR) is 99.5 cm³/mol. The monoisotopic (exact) mass is 358 g/mol. The Labute approximate surface area is 151 Å². The van der Waals surface area contributed by atoms with E-state index in [0.29, 0.717) is 6.54 Å². The summed E-state index contributed by atoms with van der Waals surface area (Å²) in [6.45, 7) is 4.54. The molecule has 24 heavy (non-hydrogen) atoms. The van der Waals surface area contributed by atoms with Crippen molar-refractivity contribution < 1.29 is 0 Å². The Kier molecular flexibility index (Phi) is 5.43. The van der Waals surface area contributed by atoms with Crippen LogP contribution in [-0.4, -0.2) is 19.3 Å². The number of thioether (sulfide) groups is 1. The fourth-order valence-corrected chi connectivity index (χ4v) is 3.72. The van der Waals surface area contributed by atoms with Crippen molar-refractivity contribution >= 4 is 23.4 Å². The number of hydrogen-bond donors (Lipinski definition) is 0. The van der Waals surface area contributed by atoms with Gasteiger partial charge in [-0.15, -0.1) is 16.8 Å². The first-order valence-electron chi connectivity index (χ1n) is 7.68. The average Bonchev–Trinajstić information content (AvgIpc) is 3.15. The molecular weight excluding hydrogens is 340 g/mol. The Bertz CT molecular complexity index is 837. The molecule has 124 valence electrons. The lowest BCUT2D eigenvalue weighted by atomic mass is 10.2. The number of benzene rings is 1. The molecule has 0 N–H and O–H groups in total. The normalized spacial score (nSPS) is 10.9. The summed E-state index contributed by atoms with van der Waals surface area (Å²) in [5.74, 6) is 1.71. The Morgan fingerprint density at radius 2 is 2.04 bits per heavy atom. The van der Waals surface area contributed by atoms with Gasteiger partial charge >= 0.3 is 0 Å². The van der Waals surface area contributed by atoms with Gasteiger partial charge in [0.05, 0.1) is 0 Å². The summed E-state index contributed by atoms with van der Waals surface area (Å²) < 4.78 is 4.21. The summed E-state index contributed by atoms with van der Waals surface area (Å²) >= 11 is 7.88. The molecule has 2 aromatic heterocycles. The zero-order chi connectivity index (χ0) is 16.9. The lowest BCUT2D eigenvalue weighted by Crippen LogP contribution is -2.06. The molecule has 0 radical (unpaired) electrons. The van der Waals surface area contributed by atoms with E-state index < -0.39 is 0 Å². The summed E-state index contributed by atoms with van der Waals surface area (Å²) in [5, 5.41) is 10.4. The summed E-state index contributed by atoms with van der Waals surface area (Å²) in [7, 11) is 2.04. The molecule has 0 atom stereocenters. The largest absolute Gasteiger partial charge is 0.354 e. The molecule has 6 heteroatoms. The molecule has 0 saturated heterocycles. The second-order valence-corrected chi connectivity index (χ2v) is 6.82. The van der Waals surface area contributed by atoms with Crippen LogP contribution in [0.25, 0.3) is 0 Å². The van der Waals surface area contributed by atoms with Gasteiger partial charge in [-0.05, 0) is 23.8 Å². The van der Waals surface area contributed by atoms with Crippen molar-refractivity contribution in [2.45, 2.75) is 23.9 Å². The smallest absolute Gasteiger partial charge is 0.191 e. The van der Waals surface area contributed by atoms with Crippen molar-refractivity contribution in [3.63, 3.8) is 0 Å². The number of allylic oxidation sites excluding steroid dienone is 1. The van der Waals surface area contributed by atoms with E-state index in [2.05, 4.69) is 32.0 Å². The minimum Gasteiger partial charge on any atom is -0.354 e. The van der Waals surface area contributed by atoms with E-state index >= 15 is 0 Å². The number of rotatable bonds is 7. The van der Waals surface area contributed by atoms with Crippen LogP contribution < -0.4 is 0 Å². The van der Waals surface area contributed by atoms with Gasteiger partial charge in [0, 0.05) is 42.7 Å². The van der Waals surface area contributed by atoms with Gasteiger partial charge in [0.1, 0.15) is 5.82 Å². The molecule has 0 amide bonds. The molecule has 0 aliphatic carbocycles. The van der Waals surface area contributed by atoms with Crippen molar-refractivity contribution in [1.82, 2.24) is 19.3 Å². The van der Waals surface area contributed by atoms with Crippen LogP contribution in [0.5, 0.6) is 0 Å². The predicted octanol–water partition coefficient (Wildman–Crippen LogP) is 4.34. The molecule has 4 nitrogen and oxygen atoms in total. The van der Waals surface area contributed by atoms with Gasteiger partial charge in [0.15, 0.2) is 5.16 Å². The van der Waals surface area contributed by atoms with Crippen molar-refractivity contribution in [2.24, 2.45) is 7.05 Å². The van der Waals surface area contributed by atoms with E-state index in [1.54, 1.807) is 11.8 Å². The van der Waals surface area contributed by atoms with Crippen molar-refractivity contribution in [3.8, 4) is 0 Å². The van der Waals surface area contributed by atoms with Crippen LogP contribution in [-0.2, 0) is 25.8 Å². The van der Waals surface area contributed by atoms with E-state index in [4.69, 9.17) is 11.6 Å². The summed E-state index contributed by atoms with van der Waals surface area (Å²) in [6.07, 6.45) is 4.66. The van der Waals surface area contributed by atoms with Crippen LogP contribution in [0.3, 0.4) is 0 Å². The molecular formula is C18H19ClN4S. The lowest BCUT2D eigenvalue weighted by Gasteiger charge is -2.09. The molecule has 0 aliphatic heterocycles. The Morgan fingerprint density at radius 1 is 1.21 bits per heavy atom. The Balaban J connectivity index is 1.79. The fourth-order valence-electron chi connectivity index (χ4n) is 2.47. The Hall–Kier alpha value is -1.98. The highest BCUT2D eigenvalue weighted by Gasteiger charge is 2.14. The highest BCUT2D eigenvalue weighted by molar-refractivity contribution is 7.98. The maximum absolute atomic E-state index is 6.23. The van der Waals surface area contributed by atoms with Gasteiger partial charge in [-0.3, -0.25) is 0 Å². The van der Waals surface area contributed by atoms with Crippen LogP contribution in [0.1, 0.15) is 17.1 Å². The highest BCUT2D eigenvalue weighted by Crippen LogP contribution is 2.26. The van der Waals surface area contributed by atoms with E-state index in [1.807, 2.05) is 49.7 Å². The highest BCUT2D eigenvalue weighted by atomic mass is 35.5. The van der Waals surface area contributed by atoms with Crippen molar-refractivity contribution in [1.29, 1.82) is 0 Å². The van der Waals surface area contributed by atoms with E-state index in [0.717, 1.165) is 33.7 Å². The standard InChI is InChI=1S/C18H19ClN4S/c1-3-10-23-17(12-15-8-6-11-22(15)2)20-21-18(23)24-13-14-7-4-5-9-16(14)19/h3-9,11H,1,10,12-13H2,2H3. The third-order valence-corrected chi connectivity index (χ3v) is 5.19. The van der Waals surface area contributed by atoms with E-state index in [-0.39, 0.29) is 0 Å². The number of halogens is 1. The SMILES string of the molecule is C=CCn1c(Cc2cccn2C)nnc1SCc1ccccc1Cl. The molecule has 3 rings (SSSR count). The molecule has 0 saturated carbocycles. The quantitative estimate of drug-likeness (QED) is 0.465. The molecule has 0 fully saturated rings. The first kappa shape index (κ1) is 16.9. The average molecular weight is 359 g/mol. The van der Waals surface area contributed by atoms with E-state index in [1.165, 1.54) is 5.69 Å². The summed E-state index contributed by atoms with van der Waals surface area (Å²) in [4.78, 5) is 0. The molecule has 2 heterocycles. The van der Waals surface area contributed by atoms with Gasteiger partial charge < -0.3 is 9.13 Å². The number of hydrogen-bond acceptors (Lipinski definition) is 3. The third-order valence-electron chi connectivity index (χ3n) is 3.81. The third kappa shape index (κ3) is 3.74. The van der Waals surface area contributed by atoms with Crippen LogP contribution in [0.2, 0.25) is 5.02 Å². The zero-order valence-corrected chi connectivity index (χ0v) is 15.1. The second-order valence-electron chi connectivity index (χ2n) is 5.47. The van der Waals surface area contributed by atoms with E-state index in [9.17, 15) is 0 Å². The maximum atomic E-state index is 6.23. The first-order valence-corrected chi connectivity index (χ1v) is 9.04. The van der Waals surface area contributed by atoms with Crippen LogP contribution in [0, 0.1) is 0 Å². The van der Waals surface area contributed by atoms with Gasteiger partial charge in [-0.25, -0.2) is 0 Å². The molecule has 3 aromatic rings. The summed E-state index contributed by atoms with van der Waals surface area (Å²) in [5.41, 5.74) is 2.30. The van der Waals surface area contributed by atoms with Crippen molar-refractivity contribution in [3.05, 3.63) is 77.4 Å². The number of aryl methyl sites for hydroxylation is 1. The van der Waals surface area contributed by atoms with Gasteiger partial charge in [-0.1, -0.05) is 47.6 Å². The van der Waals surface area contributed by atoms with Crippen LogP contribution in [0.4, 0.5) is 0 Å². The van der Waals surface area contributed by atoms with Crippen LogP contribution in [0.15, 0.2) is 60.4 Å². The zero-order valence-electron chi connectivity index (χ0n) is 13.5. The Morgan fingerprint density at radius 3 is 2.75 bits per heavy atom. The van der Waals surface area contributed by atoms with Crippen LogP contribution >= 0.6 is 23.4 Å². The topological polar surface area (TPSA) is 35.6 Å². The minimum atomic E-state index is 0.692. The molecule has 0 aliphatic rings. The molecule has 1 aromatic carbocycles. The fraction of sp³-hybridized carbons (Fsp3) is 0.222. The maximum Gasteiger partial charge on any atom is 0.191 e. The molecule has 0 spiro atoms. The second kappa shape index (κ2) is 7.73. The minimum absolute atomic E-state index is 0.692. The van der Waals surface area contributed by atoms with Gasteiger partial charge in [0.2, 0.25) is 0 Å². The molecule has 0 unspecified atom stereocenters. The van der Waals surface area contributed by atoms with Crippen molar-refractivity contribution in [2.75, 3.05) is 0 Å². The number of nitrogens with zero attached hydrogens (tertiary/aromatic N) is 4. The van der Waals surface area contributed by atoms with Gasteiger partial charge in [-0.2, -0.15) is 0 Å². The van der Waals surface area contributed by atoms with Gasteiger partial charge in [0.25, 0.3) is 0 Å². The number of aromatic nitrogens is 4. The lowest BCUT2D eigenvalue weighted by molar-refractivity contribution is 0.681. The summed E-state index contributed by atoms with van der Waals surface area (Å²) in [6, 6.07) is 12.0. The first-order chi connectivity index (χ1) is 11.7. The molecule has 0 bridgehead atoms.